The maximum absolute atomic E-state index is 13.0. The second-order valence-corrected chi connectivity index (χ2v) is 6.96. The Morgan fingerprint density at radius 3 is 2.67 bits per heavy atom. The van der Waals surface area contributed by atoms with Crippen LogP contribution in [0.15, 0.2) is 47.2 Å². The van der Waals surface area contributed by atoms with Crippen molar-refractivity contribution in [3.63, 3.8) is 0 Å². The molecule has 24 heavy (non-hydrogen) atoms. The smallest absolute Gasteiger partial charge is 0.332 e. The van der Waals surface area contributed by atoms with E-state index in [2.05, 4.69) is 0 Å². The molecule has 0 N–H and O–H groups in total. The standard InChI is InChI=1S/C19H21NO3S/c1-15(21)20-10-5-9-19(20,12-17-8-11-24-14-17)18(22)23-13-16-6-3-2-4-7-16/h2-4,6-8,11,14H,5,9-10,12-13H2,1H3. The minimum atomic E-state index is -0.873. The van der Waals surface area contributed by atoms with E-state index in [1.165, 1.54) is 6.92 Å². The number of esters is 1. The zero-order valence-corrected chi connectivity index (χ0v) is 14.6. The molecule has 1 amide bonds. The Morgan fingerprint density at radius 2 is 2.00 bits per heavy atom. The summed E-state index contributed by atoms with van der Waals surface area (Å²) in [6.07, 6.45) is 1.99. The lowest BCUT2D eigenvalue weighted by atomic mass is 9.89. The van der Waals surface area contributed by atoms with Crippen molar-refractivity contribution in [2.45, 2.75) is 38.3 Å². The van der Waals surface area contributed by atoms with Crippen LogP contribution in [0.25, 0.3) is 0 Å². The fourth-order valence-electron chi connectivity index (χ4n) is 3.39. The molecule has 1 unspecified atom stereocenters. The van der Waals surface area contributed by atoms with Crippen LogP contribution < -0.4 is 0 Å². The van der Waals surface area contributed by atoms with E-state index in [1.807, 2.05) is 47.2 Å². The van der Waals surface area contributed by atoms with Crippen LogP contribution in [0.4, 0.5) is 0 Å². The Kier molecular flexibility index (Phi) is 5.00. The minimum absolute atomic E-state index is 0.0700. The SMILES string of the molecule is CC(=O)N1CCCC1(Cc1ccsc1)C(=O)OCc1ccccc1. The number of hydrogen-bond donors (Lipinski definition) is 0. The Bertz CT molecular complexity index is 699. The first-order valence-corrected chi connectivity index (χ1v) is 9.06. The number of ether oxygens (including phenoxy) is 1. The van der Waals surface area contributed by atoms with Crippen LogP contribution in [-0.4, -0.2) is 28.9 Å². The van der Waals surface area contributed by atoms with Gasteiger partial charge in [0.15, 0.2) is 0 Å². The summed E-state index contributed by atoms with van der Waals surface area (Å²) in [5, 5.41) is 4.02. The fraction of sp³-hybridized carbons (Fsp3) is 0.368. The van der Waals surface area contributed by atoms with Crippen LogP contribution in [0, 0.1) is 0 Å². The van der Waals surface area contributed by atoms with Crippen LogP contribution in [0.1, 0.15) is 30.9 Å². The number of benzene rings is 1. The number of carbonyl (C=O) groups excluding carboxylic acids is 2. The van der Waals surface area contributed by atoms with E-state index in [0.717, 1.165) is 17.5 Å². The number of amides is 1. The Morgan fingerprint density at radius 1 is 1.21 bits per heavy atom. The van der Waals surface area contributed by atoms with Gasteiger partial charge in [-0.3, -0.25) is 4.79 Å². The first kappa shape index (κ1) is 16.7. The van der Waals surface area contributed by atoms with Crippen molar-refractivity contribution >= 4 is 23.2 Å². The van der Waals surface area contributed by atoms with Gasteiger partial charge in [0.2, 0.25) is 5.91 Å². The molecule has 0 spiro atoms. The average Bonchev–Trinajstić information content (AvgIpc) is 3.24. The molecule has 4 nitrogen and oxygen atoms in total. The highest BCUT2D eigenvalue weighted by molar-refractivity contribution is 7.07. The van der Waals surface area contributed by atoms with Gasteiger partial charge in [-0.15, -0.1) is 0 Å². The summed E-state index contributed by atoms with van der Waals surface area (Å²) in [4.78, 5) is 26.8. The Labute approximate surface area is 146 Å². The van der Waals surface area contributed by atoms with Crippen LogP contribution in [-0.2, 0) is 27.4 Å². The van der Waals surface area contributed by atoms with Crippen LogP contribution in [0.5, 0.6) is 0 Å². The van der Waals surface area contributed by atoms with Gasteiger partial charge in [0.05, 0.1) is 0 Å². The van der Waals surface area contributed by atoms with E-state index in [4.69, 9.17) is 4.74 Å². The predicted molar refractivity (Wildman–Crippen MR) is 93.6 cm³/mol. The summed E-state index contributed by atoms with van der Waals surface area (Å²) in [5.74, 6) is -0.371. The van der Waals surface area contributed by atoms with Gasteiger partial charge in [-0.2, -0.15) is 11.3 Å². The van der Waals surface area contributed by atoms with E-state index in [1.54, 1.807) is 16.2 Å². The molecule has 0 aliphatic carbocycles. The average molecular weight is 343 g/mol. The van der Waals surface area contributed by atoms with E-state index >= 15 is 0 Å². The fourth-order valence-corrected chi connectivity index (χ4v) is 4.06. The summed E-state index contributed by atoms with van der Waals surface area (Å²) < 4.78 is 5.62. The Balaban J connectivity index is 1.81. The molecule has 2 heterocycles. The minimum Gasteiger partial charge on any atom is -0.459 e. The summed E-state index contributed by atoms with van der Waals surface area (Å²) in [6.45, 7) is 2.37. The van der Waals surface area contributed by atoms with Gasteiger partial charge in [0.25, 0.3) is 0 Å². The third-order valence-corrected chi connectivity index (χ3v) is 5.27. The molecule has 126 valence electrons. The molecule has 1 aliphatic heterocycles. The molecule has 1 aromatic heterocycles. The lowest BCUT2D eigenvalue weighted by Gasteiger charge is -2.35. The predicted octanol–water partition coefficient (Wildman–Crippen LogP) is 3.42. The van der Waals surface area contributed by atoms with Gasteiger partial charge in [-0.25, -0.2) is 4.79 Å². The van der Waals surface area contributed by atoms with Gasteiger partial charge >= 0.3 is 5.97 Å². The highest BCUT2D eigenvalue weighted by Gasteiger charge is 2.50. The second kappa shape index (κ2) is 7.18. The normalized spacial score (nSPS) is 20.1. The van der Waals surface area contributed by atoms with Crippen molar-refractivity contribution in [2.75, 3.05) is 6.54 Å². The molecule has 5 heteroatoms. The van der Waals surface area contributed by atoms with Crippen molar-refractivity contribution in [3.8, 4) is 0 Å². The highest BCUT2D eigenvalue weighted by atomic mass is 32.1. The van der Waals surface area contributed by atoms with Gasteiger partial charge in [0, 0.05) is 19.9 Å². The zero-order valence-electron chi connectivity index (χ0n) is 13.7. The lowest BCUT2D eigenvalue weighted by molar-refractivity contribution is -0.162. The largest absolute Gasteiger partial charge is 0.459 e. The molecule has 1 aromatic carbocycles. The molecule has 1 fully saturated rings. The van der Waals surface area contributed by atoms with Gasteiger partial charge in [-0.05, 0) is 40.8 Å². The first-order valence-electron chi connectivity index (χ1n) is 8.12. The molecule has 3 rings (SSSR count). The molecule has 2 aromatic rings. The molecular formula is C19H21NO3S. The molecule has 1 aliphatic rings. The summed E-state index contributed by atoms with van der Waals surface area (Å²) >= 11 is 1.60. The van der Waals surface area contributed by atoms with Crippen molar-refractivity contribution in [1.82, 2.24) is 4.90 Å². The maximum Gasteiger partial charge on any atom is 0.332 e. The van der Waals surface area contributed by atoms with E-state index in [9.17, 15) is 9.59 Å². The van der Waals surface area contributed by atoms with Crippen LogP contribution in [0.2, 0.25) is 0 Å². The van der Waals surface area contributed by atoms with Crippen molar-refractivity contribution < 1.29 is 14.3 Å². The molecule has 0 saturated carbocycles. The molecule has 0 bridgehead atoms. The lowest BCUT2D eigenvalue weighted by Crippen LogP contribution is -2.54. The third kappa shape index (κ3) is 3.36. The molecule has 0 radical (unpaired) electrons. The number of thiophene rings is 1. The molecule has 1 saturated heterocycles. The van der Waals surface area contributed by atoms with Crippen molar-refractivity contribution in [3.05, 3.63) is 58.3 Å². The molecular weight excluding hydrogens is 322 g/mol. The number of nitrogens with zero attached hydrogens (tertiary/aromatic N) is 1. The summed E-state index contributed by atoms with van der Waals surface area (Å²) in [5.41, 5.74) is 1.15. The van der Waals surface area contributed by atoms with Crippen LogP contribution in [0.3, 0.4) is 0 Å². The summed E-state index contributed by atoms with van der Waals surface area (Å²) in [6, 6.07) is 11.6. The van der Waals surface area contributed by atoms with Crippen molar-refractivity contribution in [1.29, 1.82) is 0 Å². The third-order valence-electron chi connectivity index (χ3n) is 4.54. The van der Waals surface area contributed by atoms with E-state index in [0.29, 0.717) is 19.4 Å². The van der Waals surface area contributed by atoms with Gasteiger partial charge in [0.1, 0.15) is 12.1 Å². The molecule has 1 atom stereocenters. The monoisotopic (exact) mass is 343 g/mol. The maximum atomic E-state index is 13.0. The number of likely N-dealkylation sites (tertiary alicyclic amines) is 1. The summed E-state index contributed by atoms with van der Waals surface area (Å²) in [7, 11) is 0. The van der Waals surface area contributed by atoms with E-state index in [-0.39, 0.29) is 18.5 Å². The quantitative estimate of drug-likeness (QED) is 0.782. The number of carbonyl (C=O) groups is 2. The van der Waals surface area contributed by atoms with Gasteiger partial charge < -0.3 is 9.64 Å². The van der Waals surface area contributed by atoms with Crippen molar-refractivity contribution in [2.24, 2.45) is 0 Å². The highest BCUT2D eigenvalue weighted by Crippen LogP contribution is 2.35. The zero-order chi connectivity index (χ0) is 17.0. The van der Waals surface area contributed by atoms with Crippen LogP contribution >= 0.6 is 11.3 Å². The Hall–Kier alpha value is -2.14. The number of hydrogen-bond acceptors (Lipinski definition) is 4. The second-order valence-electron chi connectivity index (χ2n) is 6.18. The van der Waals surface area contributed by atoms with Gasteiger partial charge in [-0.1, -0.05) is 30.3 Å². The topological polar surface area (TPSA) is 46.6 Å². The van der Waals surface area contributed by atoms with E-state index < -0.39 is 5.54 Å². The number of rotatable bonds is 5. The first-order chi connectivity index (χ1) is 11.6.